The van der Waals surface area contributed by atoms with E-state index in [1.165, 1.54) is 18.5 Å². The smallest absolute Gasteiger partial charge is 0.0835 e. The fourth-order valence-electron chi connectivity index (χ4n) is 3.65. The van der Waals surface area contributed by atoms with Crippen molar-refractivity contribution in [1.82, 2.24) is 9.78 Å². The summed E-state index contributed by atoms with van der Waals surface area (Å²) in [6.07, 6.45) is 6.33. The molecule has 1 aliphatic rings. The summed E-state index contributed by atoms with van der Waals surface area (Å²) in [6.45, 7) is 4.42. The standard InChI is InChI=1S/C16H28BrN3O/c1-5-12-15(17)13(20(3)19-12)9-14(18)16(21-4)8-6-7-11(2)10-16/h11,14H,5-10,18H2,1-4H3. The topological polar surface area (TPSA) is 53.1 Å². The molecule has 0 saturated heterocycles. The van der Waals surface area contributed by atoms with Gasteiger partial charge in [-0.3, -0.25) is 4.68 Å². The summed E-state index contributed by atoms with van der Waals surface area (Å²) in [5.41, 5.74) is 8.68. The van der Waals surface area contributed by atoms with Crippen LogP contribution in [0.3, 0.4) is 0 Å². The monoisotopic (exact) mass is 357 g/mol. The van der Waals surface area contributed by atoms with E-state index in [4.69, 9.17) is 10.5 Å². The van der Waals surface area contributed by atoms with Gasteiger partial charge in [-0.25, -0.2) is 0 Å². The summed E-state index contributed by atoms with van der Waals surface area (Å²) in [5.74, 6) is 0.686. The normalized spacial score (nSPS) is 27.8. The van der Waals surface area contributed by atoms with E-state index in [9.17, 15) is 0 Å². The van der Waals surface area contributed by atoms with Crippen LogP contribution in [0, 0.1) is 5.92 Å². The van der Waals surface area contributed by atoms with Gasteiger partial charge in [-0.1, -0.05) is 26.7 Å². The lowest BCUT2D eigenvalue weighted by molar-refractivity contribution is -0.0708. The first-order chi connectivity index (χ1) is 9.93. The Bertz CT molecular complexity index is 488. The Morgan fingerprint density at radius 1 is 1.57 bits per heavy atom. The summed E-state index contributed by atoms with van der Waals surface area (Å²) in [4.78, 5) is 0. The number of nitrogens with two attached hydrogens (primary N) is 1. The maximum absolute atomic E-state index is 6.59. The van der Waals surface area contributed by atoms with E-state index in [0.717, 1.165) is 35.8 Å². The molecule has 0 bridgehead atoms. The molecule has 4 nitrogen and oxygen atoms in total. The number of hydrogen-bond acceptors (Lipinski definition) is 3. The van der Waals surface area contributed by atoms with Gasteiger partial charge in [0, 0.05) is 26.6 Å². The molecule has 1 aromatic rings. The van der Waals surface area contributed by atoms with Crippen molar-refractivity contribution in [1.29, 1.82) is 0 Å². The van der Waals surface area contributed by atoms with Gasteiger partial charge in [-0.05, 0) is 41.1 Å². The summed E-state index contributed by atoms with van der Waals surface area (Å²) in [7, 11) is 3.81. The number of aromatic nitrogens is 2. The molecule has 21 heavy (non-hydrogen) atoms. The number of aryl methyl sites for hydroxylation is 2. The lowest BCUT2D eigenvalue weighted by atomic mass is 9.73. The van der Waals surface area contributed by atoms with Gasteiger partial charge in [-0.15, -0.1) is 0 Å². The largest absolute Gasteiger partial charge is 0.377 e. The molecule has 1 saturated carbocycles. The van der Waals surface area contributed by atoms with Crippen LogP contribution in [0.4, 0.5) is 0 Å². The van der Waals surface area contributed by atoms with Crippen LogP contribution in [0.1, 0.15) is 50.9 Å². The van der Waals surface area contributed by atoms with Crippen molar-refractivity contribution in [3.05, 3.63) is 15.9 Å². The summed E-state index contributed by atoms with van der Waals surface area (Å²) in [6, 6.07) is 0.00153. The quantitative estimate of drug-likeness (QED) is 0.879. The molecule has 2 rings (SSSR count). The van der Waals surface area contributed by atoms with Crippen molar-refractivity contribution in [2.45, 2.75) is 64.0 Å². The maximum Gasteiger partial charge on any atom is 0.0835 e. The van der Waals surface area contributed by atoms with Gasteiger partial charge in [0.2, 0.25) is 0 Å². The minimum absolute atomic E-state index is 0.00153. The Morgan fingerprint density at radius 3 is 2.81 bits per heavy atom. The van der Waals surface area contributed by atoms with Gasteiger partial charge in [-0.2, -0.15) is 5.10 Å². The first-order valence-corrected chi connectivity index (χ1v) is 8.73. The van der Waals surface area contributed by atoms with Crippen LogP contribution in [0.5, 0.6) is 0 Å². The first kappa shape index (κ1) is 17.0. The molecule has 1 aromatic heterocycles. The Labute approximate surface area is 136 Å². The van der Waals surface area contributed by atoms with E-state index in [0.29, 0.717) is 5.92 Å². The van der Waals surface area contributed by atoms with Crippen molar-refractivity contribution >= 4 is 15.9 Å². The first-order valence-electron chi connectivity index (χ1n) is 7.94. The minimum Gasteiger partial charge on any atom is -0.377 e. The van der Waals surface area contributed by atoms with Crippen LogP contribution in [-0.4, -0.2) is 28.5 Å². The Balaban J connectivity index is 2.20. The van der Waals surface area contributed by atoms with Gasteiger partial charge < -0.3 is 10.5 Å². The number of nitrogens with zero attached hydrogens (tertiary/aromatic N) is 2. The molecule has 0 radical (unpaired) electrons. The van der Waals surface area contributed by atoms with Crippen molar-refractivity contribution in [2.24, 2.45) is 18.7 Å². The predicted molar refractivity (Wildman–Crippen MR) is 89.3 cm³/mol. The third-order valence-electron chi connectivity index (χ3n) is 4.99. The zero-order chi connectivity index (χ0) is 15.6. The number of ether oxygens (including phenoxy) is 1. The van der Waals surface area contributed by atoms with Gasteiger partial charge in [0.15, 0.2) is 0 Å². The summed E-state index contributed by atoms with van der Waals surface area (Å²) in [5, 5.41) is 4.56. The highest BCUT2D eigenvalue weighted by molar-refractivity contribution is 9.10. The molecule has 120 valence electrons. The average molecular weight is 358 g/mol. The molecule has 0 aliphatic heterocycles. The van der Waals surface area contributed by atoms with Crippen LogP contribution in [0.2, 0.25) is 0 Å². The Hall–Kier alpha value is -0.390. The molecule has 0 amide bonds. The van der Waals surface area contributed by atoms with E-state index in [1.54, 1.807) is 0 Å². The third-order valence-corrected chi connectivity index (χ3v) is 5.90. The van der Waals surface area contributed by atoms with E-state index in [2.05, 4.69) is 34.9 Å². The molecule has 0 aromatic carbocycles. The molecule has 2 N–H and O–H groups in total. The molecule has 0 spiro atoms. The average Bonchev–Trinajstić information content (AvgIpc) is 2.74. The van der Waals surface area contributed by atoms with Crippen molar-refractivity contribution in [3.63, 3.8) is 0 Å². The highest BCUT2D eigenvalue weighted by atomic mass is 79.9. The fraction of sp³-hybridized carbons (Fsp3) is 0.812. The second-order valence-corrected chi connectivity index (χ2v) is 7.26. The summed E-state index contributed by atoms with van der Waals surface area (Å²) >= 11 is 3.69. The second-order valence-electron chi connectivity index (χ2n) is 6.47. The Morgan fingerprint density at radius 2 is 2.29 bits per heavy atom. The lowest BCUT2D eigenvalue weighted by Crippen LogP contribution is -2.53. The van der Waals surface area contributed by atoms with Gasteiger partial charge in [0.1, 0.15) is 0 Å². The highest BCUT2D eigenvalue weighted by Gasteiger charge is 2.41. The van der Waals surface area contributed by atoms with Crippen LogP contribution >= 0.6 is 15.9 Å². The van der Waals surface area contributed by atoms with Gasteiger partial charge in [0.25, 0.3) is 0 Å². The second kappa shape index (κ2) is 6.80. The van der Waals surface area contributed by atoms with Crippen LogP contribution in [0.25, 0.3) is 0 Å². The molecule has 5 heteroatoms. The highest BCUT2D eigenvalue weighted by Crippen LogP contribution is 2.38. The predicted octanol–water partition coefficient (Wildman–Crippen LogP) is 3.21. The van der Waals surface area contributed by atoms with E-state index < -0.39 is 0 Å². The summed E-state index contributed by atoms with van der Waals surface area (Å²) < 4.78 is 8.99. The van der Waals surface area contributed by atoms with E-state index in [1.807, 2.05) is 18.8 Å². The molecule has 3 unspecified atom stereocenters. The molecule has 3 atom stereocenters. The van der Waals surface area contributed by atoms with Crippen molar-refractivity contribution in [2.75, 3.05) is 7.11 Å². The van der Waals surface area contributed by atoms with Crippen molar-refractivity contribution in [3.8, 4) is 0 Å². The van der Waals surface area contributed by atoms with Crippen molar-refractivity contribution < 1.29 is 4.74 Å². The maximum atomic E-state index is 6.59. The van der Waals surface area contributed by atoms with Crippen LogP contribution in [-0.2, 0) is 24.6 Å². The van der Waals surface area contributed by atoms with E-state index >= 15 is 0 Å². The van der Waals surface area contributed by atoms with Gasteiger partial charge in [0.05, 0.1) is 21.5 Å². The number of hydrogen-bond donors (Lipinski definition) is 1. The number of rotatable bonds is 5. The third kappa shape index (κ3) is 3.35. The molecule has 1 aliphatic carbocycles. The lowest BCUT2D eigenvalue weighted by Gasteiger charge is -2.43. The SMILES string of the molecule is CCc1nn(C)c(CC(N)C2(OC)CCCC(C)C2)c1Br. The molecular formula is C16H28BrN3O. The van der Waals surface area contributed by atoms with Crippen LogP contribution in [0.15, 0.2) is 4.47 Å². The minimum atomic E-state index is -0.187. The zero-order valence-electron chi connectivity index (χ0n) is 13.7. The fourth-order valence-corrected chi connectivity index (χ4v) is 4.43. The van der Waals surface area contributed by atoms with Gasteiger partial charge >= 0.3 is 0 Å². The molecular weight excluding hydrogens is 330 g/mol. The van der Waals surface area contributed by atoms with Crippen LogP contribution < -0.4 is 5.73 Å². The molecule has 1 fully saturated rings. The zero-order valence-corrected chi connectivity index (χ0v) is 15.2. The number of halogens is 1. The number of methoxy groups -OCH3 is 1. The molecule has 1 heterocycles. The van der Waals surface area contributed by atoms with E-state index in [-0.39, 0.29) is 11.6 Å². The Kier molecular flexibility index (Phi) is 5.49.